The fourth-order valence-electron chi connectivity index (χ4n) is 4.96. The minimum Gasteiger partial charge on any atom is -0.504 e. The highest BCUT2D eigenvalue weighted by molar-refractivity contribution is 5.45. The van der Waals surface area contributed by atoms with Crippen LogP contribution < -0.4 is 14.2 Å². The number of hydrogen-bond donors (Lipinski definition) is 7. The molecule has 0 radical (unpaired) electrons. The van der Waals surface area contributed by atoms with E-state index in [2.05, 4.69) is 0 Å². The lowest BCUT2D eigenvalue weighted by Gasteiger charge is -2.39. The number of aromatic hydroxyl groups is 1. The summed E-state index contributed by atoms with van der Waals surface area (Å²) in [7, 11) is 2.82. The maximum atomic E-state index is 11.1. The number of benzene rings is 2. The fourth-order valence-corrected chi connectivity index (χ4v) is 4.96. The largest absolute Gasteiger partial charge is 0.504 e. The quantitative estimate of drug-likeness (QED) is 0.220. The molecule has 9 atom stereocenters. The first-order valence-corrected chi connectivity index (χ1v) is 12.2. The second-order valence-electron chi connectivity index (χ2n) is 9.37. The molecule has 2 aliphatic rings. The van der Waals surface area contributed by atoms with Crippen molar-refractivity contribution in [3.63, 3.8) is 0 Å². The third-order valence-corrected chi connectivity index (χ3v) is 7.18. The summed E-state index contributed by atoms with van der Waals surface area (Å²) in [5, 5.41) is 70.8. The van der Waals surface area contributed by atoms with E-state index in [1.807, 2.05) is 0 Å². The van der Waals surface area contributed by atoms with E-state index in [0.29, 0.717) is 11.1 Å². The molecule has 12 nitrogen and oxygen atoms in total. The number of phenols is 1. The van der Waals surface area contributed by atoms with Crippen LogP contribution in [0.3, 0.4) is 0 Å². The van der Waals surface area contributed by atoms with Gasteiger partial charge in [-0.2, -0.15) is 0 Å². The Bertz CT molecular complexity index is 1080. The van der Waals surface area contributed by atoms with Crippen molar-refractivity contribution in [3.8, 4) is 23.0 Å². The fraction of sp³-hybridized carbons (Fsp3) is 0.538. The van der Waals surface area contributed by atoms with Gasteiger partial charge in [-0.25, -0.2) is 0 Å². The Kier molecular flexibility index (Phi) is 8.96. The molecule has 38 heavy (non-hydrogen) atoms. The Morgan fingerprint density at radius 2 is 1.63 bits per heavy atom. The zero-order valence-corrected chi connectivity index (χ0v) is 21.0. The zero-order chi connectivity index (χ0) is 27.6. The monoisotopic (exact) mass is 538 g/mol. The predicted octanol–water partition coefficient (Wildman–Crippen LogP) is -0.382. The van der Waals surface area contributed by atoms with Gasteiger partial charge in [0.1, 0.15) is 24.4 Å². The molecule has 2 saturated heterocycles. The highest BCUT2D eigenvalue weighted by Gasteiger charge is 2.45. The molecule has 2 aromatic carbocycles. The molecular weight excluding hydrogens is 504 g/mol. The van der Waals surface area contributed by atoms with Gasteiger partial charge >= 0.3 is 0 Å². The van der Waals surface area contributed by atoms with Gasteiger partial charge < -0.3 is 59.4 Å². The first-order chi connectivity index (χ1) is 18.2. The molecule has 2 aromatic rings. The van der Waals surface area contributed by atoms with E-state index in [-0.39, 0.29) is 36.2 Å². The number of hydrogen-bond acceptors (Lipinski definition) is 12. The molecule has 0 amide bonds. The second kappa shape index (κ2) is 12.0. The number of rotatable bonds is 9. The summed E-state index contributed by atoms with van der Waals surface area (Å²) >= 11 is 0. The molecule has 2 heterocycles. The van der Waals surface area contributed by atoms with E-state index in [0.717, 1.165) is 0 Å². The van der Waals surface area contributed by atoms with Crippen LogP contribution in [0.25, 0.3) is 0 Å². The van der Waals surface area contributed by atoms with E-state index in [1.54, 1.807) is 24.3 Å². The molecule has 12 heteroatoms. The maximum Gasteiger partial charge on any atom is 0.229 e. The van der Waals surface area contributed by atoms with Crippen molar-refractivity contribution < 1.29 is 59.4 Å². The first-order valence-electron chi connectivity index (χ1n) is 12.2. The van der Waals surface area contributed by atoms with Crippen molar-refractivity contribution in [1.82, 2.24) is 0 Å². The van der Waals surface area contributed by atoms with E-state index >= 15 is 0 Å². The van der Waals surface area contributed by atoms with Crippen LogP contribution in [0.4, 0.5) is 0 Å². The summed E-state index contributed by atoms with van der Waals surface area (Å²) in [4.78, 5) is 0. The average molecular weight is 539 g/mol. The van der Waals surface area contributed by atoms with Crippen LogP contribution in [0, 0.1) is 11.8 Å². The van der Waals surface area contributed by atoms with Gasteiger partial charge in [-0.3, -0.25) is 0 Å². The number of aliphatic hydroxyl groups excluding tert-OH is 6. The number of aliphatic hydroxyl groups is 6. The van der Waals surface area contributed by atoms with Crippen LogP contribution >= 0.6 is 0 Å². The van der Waals surface area contributed by atoms with Gasteiger partial charge in [0.25, 0.3) is 0 Å². The van der Waals surface area contributed by atoms with Gasteiger partial charge in [0.15, 0.2) is 23.0 Å². The van der Waals surface area contributed by atoms with Crippen molar-refractivity contribution in [3.05, 3.63) is 47.5 Å². The third kappa shape index (κ3) is 5.40. The summed E-state index contributed by atoms with van der Waals surface area (Å²) in [6.07, 6.45) is -8.80. The van der Waals surface area contributed by atoms with Crippen LogP contribution in [0.1, 0.15) is 23.3 Å². The molecule has 2 fully saturated rings. The van der Waals surface area contributed by atoms with Gasteiger partial charge in [-0.05, 0) is 35.4 Å². The van der Waals surface area contributed by atoms with Crippen molar-refractivity contribution in [2.24, 2.45) is 11.8 Å². The standard InChI is InChI=1S/C26H34O12/c1-34-18-7-12(3-5-16(18)29)21(30)15-11-36-25(14(15)9-27)13-4-6-17(19(8-13)35-2)37-26-24(33)23(32)22(31)20(10-28)38-26/h3-8,14-15,20-33H,9-11H2,1-2H3/t14-,15-,20+,21-,22-,23-,24-,25+,26+/m1/s1. The minimum atomic E-state index is -1.59. The minimum absolute atomic E-state index is 0.0548. The summed E-state index contributed by atoms with van der Waals surface area (Å²) in [6.45, 7) is -0.703. The lowest BCUT2D eigenvalue weighted by atomic mass is 9.82. The second-order valence-corrected chi connectivity index (χ2v) is 9.37. The Morgan fingerprint density at radius 1 is 0.895 bits per heavy atom. The number of phenolic OH excluding ortho intramolecular Hbond substituents is 1. The molecule has 0 saturated carbocycles. The lowest BCUT2D eigenvalue weighted by molar-refractivity contribution is -0.277. The van der Waals surface area contributed by atoms with Gasteiger partial charge in [0, 0.05) is 18.4 Å². The summed E-state index contributed by atoms with van der Waals surface area (Å²) < 4.78 is 27.7. The van der Waals surface area contributed by atoms with E-state index < -0.39 is 61.4 Å². The van der Waals surface area contributed by atoms with Gasteiger partial charge in [0.2, 0.25) is 6.29 Å². The SMILES string of the molecule is COc1cc([C@@H](O)[C@@H]2CO[C@@H](c3ccc(O[C@H]4O[C@@H](CO)[C@@H](O)[C@@H](O)[C@H]4O)c(OC)c3)[C@@H]2CO)ccc1O. The van der Waals surface area contributed by atoms with E-state index in [1.165, 1.54) is 26.4 Å². The molecule has 0 unspecified atom stereocenters. The van der Waals surface area contributed by atoms with Gasteiger partial charge in [-0.1, -0.05) is 12.1 Å². The topological polar surface area (TPSA) is 188 Å². The van der Waals surface area contributed by atoms with Gasteiger partial charge in [0.05, 0.1) is 39.6 Å². The average Bonchev–Trinajstić information content (AvgIpc) is 3.37. The number of methoxy groups -OCH3 is 2. The molecular formula is C26H34O12. The van der Waals surface area contributed by atoms with Crippen LogP contribution in [0.2, 0.25) is 0 Å². The van der Waals surface area contributed by atoms with Crippen LogP contribution in [0.5, 0.6) is 23.0 Å². The van der Waals surface area contributed by atoms with E-state index in [4.69, 9.17) is 23.7 Å². The van der Waals surface area contributed by atoms with E-state index in [9.17, 15) is 35.7 Å². The van der Waals surface area contributed by atoms with Crippen molar-refractivity contribution in [2.75, 3.05) is 34.0 Å². The highest BCUT2D eigenvalue weighted by Crippen LogP contribution is 2.46. The molecule has 0 spiro atoms. The predicted molar refractivity (Wildman–Crippen MR) is 130 cm³/mol. The maximum absolute atomic E-state index is 11.1. The Labute approximate surface area is 219 Å². The van der Waals surface area contributed by atoms with Crippen molar-refractivity contribution in [1.29, 1.82) is 0 Å². The molecule has 0 bridgehead atoms. The molecule has 2 aliphatic heterocycles. The summed E-state index contributed by atoms with van der Waals surface area (Å²) in [5.41, 5.74) is 1.15. The molecule has 0 aliphatic carbocycles. The normalized spacial score (nSPS) is 32.1. The van der Waals surface area contributed by atoms with Crippen LogP contribution in [-0.2, 0) is 9.47 Å². The Balaban J connectivity index is 1.52. The highest BCUT2D eigenvalue weighted by atomic mass is 16.7. The number of ether oxygens (including phenoxy) is 5. The van der Waals surface area contributed by atoms with Crippen molar-refractivity contribution in [2.45, 2.75) is 42.9 Å². The molecule has 7 N–H and O–H groups in total. The summed E-state index contributed by atoms with van der Waals surface area (Å²) in [6, 6.07) is 9.40. The lowest BCUT2D eigenvalue weighted by Crippen LogP contribution is -2.60. The Morgan fingerprint density at radius 3 is 2.29 bits per heavy atom. The first kappa shape index (κ1) is 28.3. The third-order valence-electron chi connectivity index (χ3n) is 7.18. The smallest absolute Gasteiger partial charge is 0.229 e. The zero-order valence-electron chi connectivity index (χ0n) is 21.0. The van der Waals surface area contributed by atoms with Crippen molar-refractivity contribution >= 4 is 0 Å². The molecule has 4 rings (SSSR count). The molecule has 210 valence electrons. The Hall–Kier alpha value is -2.68. The summed E-state index contributed by atoms with van der Waals surface area (Å²) in [5.74, 6) is -0.376. The van der Waals surface area contributed by atoms with Crippen LogP contribution in [0.15, 0.2) is 36.4 Å². The van der Waals surface area contributed by atoms with Gasteiger partial charge in [-0.15, -0.1) is 0 Å². The van der Waals surface area contributed by atoms with Crippen LogP contribution in [-0.4, -0.2) is 100 Å². The molecule has 0 aromatic heterocycles.